The first-order valence-electron chi connectivity index (χ1n) is 7.75. The summed E-state index contributed by atoms with van der Waals surface area (Å²) in [7, 11) is 0. The molecule has 0 atom stereocenters. The second kappa shape index (κ2) is 6.85. The molecule has 6 nitrogen and oxygen atoms in total. The second-order valence-electron chi connectivity index (χ2n) is 5.62. The van der Waals surface area contributed by atoms with Crippen LogP contribution < -0.4 is 16.0 Å². The van der Waals surface area contributed by atoms with Gasteiger partial charge < -0.3 is 16.0 Å². The van der Waals surface area contributed by atoms with E-state index in [1.165, 1.54) is 12.8 Å². The quantitative estimate of drug-likeness (QED) is 0.826. The zero-order valence-electron chi connectivity index (χ0n) is 12.9. The predicted molar refractivity (Wildman–Crippen MR) is 83.3 cm³/mol. The maximum Gasteiger partial charge on any atom is 0.272 e. The lowest BCUT2D eigenvalue weighted by atomic mass is 9.93. The summed E-state index contributed by atoms with van der Waals surface area (Å²) in [4.78, 5) is 14.5. The van der Waals surface area contributed by atoms with Crippen molar-refractivity contribution in [2.75, 3.05) is 24.5 Å². The molecule has 1 aliphatic rings. The van der Waals surface area contributed by atoms with Crippen LogP contribution in [0.5, 0.6) is 0 Å². The number of anilines is 1. The third-order valence-corrected chi connectivity index (χ3v) is 4.44. The van der Waals surface area contributed by atoms with Gasteiger partial charge in [0.05, 0.1) is 5.54 Å². The molecular formula is C15H25N5O. The van der Waals surface area contributed by atoms with Crippen molar-refractivity contribution < 1.29 is 4.79 Å². The van der Waals surface area contributed by atoms with Crippen molar-refractivity contribution in [1.29, 1.82) is 0 Å². The Labute approximate surface area is 126 Å². The van der Waals surface area contributed by atoms with Gasteiger partial charge in [-0.25, -0.2) is 0 Å². The average Bonchev–Trinajstić information content (AvgIpc) is 3.07. The van der Waals surface area contributed by atoms with Gasteiger partial charge in [-0.3, -0.25) is 4.79 Å². The summed E-state index contributed by atoms with van der Waals surface area (Å²) in [5.74, 6) is 0.643. The van der Waals surface area contributed by atoms with Gasteiger partial charge in [0.15, 0.2) is 11.5 Å². The molecule has 1 aromatic heterocycles. The van der Waals surface area contributed by atoms with Crippen LogP contribution in [0.2, 0.25) is 0 Å². The molecule has 0 unspecified atom stereocenters. The van der Waals surface area contributed by atoms with Crippen LogP contribution in [-0.4, -0.2) is 41.3 Å². The molecule has 1 fully saturated rings. The lowest BCUT2D eigenvalue weighted by molar-refractivity contribution is 0.0889. The summed E-state index contributed by atoms with van der Waals surface area (Å²) in [5, 5.41) is 11.2. The molecule has 21 heavy (non-hydrogen) atoms. The van der Waals surface area contributed by atoms with Crippen LogP contribution in [0.25, 0.3) is 0 Å². The highest BCUT2D eigenvalue weighted by molar-refractivity contribution is 5.92. The normalized spacial score (nSPS) is 15.3. The fourth-order valence-corrected chi connectivity index (χ4v) is 2.63. The van der Waals surface area contributed by atoms with E-state index in [4.69, 9.17) is 5.73 Å². The zero-order valence-corrected chi connectivity index (χ0v) is 12.9. The average molecular weight is 291 g/mol. The highest BCUT2D eigenvalue weighted by atomic mass is 16.2. The Balaban J connectivity index is 2.05. The highest BCUT2D eigenvalue weighted by Crippen LogP contribution is 2.17. The first-order valence-corrected chi connectivity index (χ1v) is 7.75. The summed E-state index contributed by atoms with van der Waals surface area (Å²) >= 11 is 0. The third kappa shape index (κ3) is 3.50. The van der Waals surface area contributed by atoms with Crippen LogP contribution in [0.1, 0.15) is 50.0 Å². The molecule has 1 amide bonds. The van der Waals surface area contributed by atoms with Crippen molar-refractivity contribution in [2.45, 2.75) is 45.1 Å². The van der Waals surface area contributed by atoms with E-state index in [9.17, 15) is 4.79 Å². The van der Waals surface area contributed by atoms with E-state index < -0.39 is 0 Å². The van der Waals surface area contributed by atoms with E-state index in [2.05, 4.69) is 20.4 Å². The van der Waals surface area contributed by atoms with Crippen LogP contribution in [0.15, 0.2) is 12.1 Å². The Morgan fingerprint density at radius 3 is 2.43 bits per heavy atom. The summed E-state index contributed by atoms with van der Waals surface area (Å²) in [6, 6.07) is 3.61. The second-order valence-corrected chi connectivity index (χ2v) is 5.62. The van der Waals surface area contributed by atoms with Crippen LogP contribution in [0, 0.1) is 0 Å². The van der Waals surface area contributed by atoms with Gasteiger partial charge in [-0.1, -0.05) is 13.8 Å². The third-order valence-electron chi connectivity index (χ3n) is 4.44. The Hall–Kier alpha value is -1.69. The Morgan fingerprint density at radius 2 is 1.95 bits per heavy atom. The monoisotopic (exact) mass is 291 g/mol. The van der Waals surface area contributed by atoms with Gasteiger partial charge in [-0.05, 0) is 37.8 Å². The fraction of sp³-hybridized carbons (Fsp3) is 0.667. The number of hydrogen-bond acceptors (Lipinski definition) is 5. The van der Waals surface area contributed by atoms with E-state index in [1.54, 1.807) is 6.07 Å². The van der Waals surface area contributed by atoms with E-state index in [0.29, 0.717) is 12.2 Å². The van der Waals surface area contributed by atoms with Crippen LogP contribution in [0.3, 0.4) is 0 Å². The first-order chi connectivity index (χ1) is 10.1. The number of amides is 1. The maximum absolute atomic E-state index is 12.3. The lowest BCUT2D eigenvalue weighted by Crippen LogP contribution is -2.53. The Bertz CT molecular complexity index is 455. The van der Waals surface area contributed by atoms with Gasteiger partial charge in [0.2, 0.25) is 0 Å². The van der Waals surface area contributed by atoms with Gasteiger partial charge in [0, 0.05) is 19.6 Å². The molecule has 0 aliphatic carbocycles. The molecule has 0 bridgehead atoms. The summed E-state index contributed by atoms with van der Waals surface area (Å²) in [6.45, 7) is 6.51. The molecule has 0 aromatic carbocycles. The van der Waals surface area contributed by atoms with Crippen molar-refractivity contribution in [2.24, 2.45) is 5.73 Å². The van der Waals surface area contributed by atoms with Crippen LogP contribution >= 0.6 is 0 Å². The van der Waals surface area contributed by atoms with Gasteiger partial charge in [0.25, 0.3) is 5.91 Å². The van der Waals surface area contributed by atoms with Crippen molar-refractivity contribution in [3.8, 4) is 0 Å². The number of hydrogen-bond donors (Lipinski definition) is 2. The summed E-state index contributed by atoms with van der Waals surface area (Å²) < 4.78 is 0. The molecular weight excluding hydrogens is 266 g/mol. The van der Waals surface area contributed by atoms with E-state index in [1.807, 2.05) is 19.9 Å². The number of aromatic nitrogens is 2. The lowest BCUT2D eigenvalue weighted by Gasteiger charge is -2.31. The number of nitrogens with zero attached hydrogens (tertiary/aromatic N) is 3. The smallest absolute Gasteiger partial charge is 0.272 e. The number of nitrogens with two attached hydrogens (primary N) is 1. The topological polar surface area (TPSA) is 84.1 Å². The molecule has 2 heterocycles. The maximum atomic E-state index is 12.3. The minimum absolute atomic E-state index is 0.204. The number of carbonyl (C=O) groups is 1. The van der Waals surface area contributed by atoms with Crippen molar-refractivity contribution in [1.82, 2.24) is 15.5 Å². The fourth-order valence-electron chi connectivity index (χ4n) is 2.63. The van der Waals surface area contributed by atoms with E-state index in [-0.39, 0.29) is 11.4 Å². The number of carbonyl (C=O) groups excluding carboxylic acids is 1. The zero-order chi connectivity index (χ0) is 15.3. The molecule has 2 rings (SSSR count). The first kappa shape index (κ1) is 15.7. The van der Waals surface area contributed by atoms with Crippen LogP contribution in [-0.2, 0) is 0 Å². The molecule has 116 valence electrons. The molecule has 3 N–H and O–H groups in total. The predicted octanol–water partition coefficient (Wildman–Crippen LogP) is 1.32. The molecule has 1 saturated heterocycles. The summed E-state index contributed by atoms with van der Waals surface area (Å²) in [5.41, 5.74) is 5.79. The van der Waals surface area contributed by atoms with Gasteiger partial charge in [0.1, 0.15) is 0 Å². The van der Waals surface area contributed by atoms with Gasteiger partial charge in [-0.2, -0.15) is 0 Å². The number of nitrogens with one attached hydrogen (secondary N) is 1. The van der Waals surface area contributed by atoms with Crippen molar-refractivity contribution >= 4 is 11.7 Å². The standard InChI is InChI=1S/C15H25N5O/c1-3-15(4-2,11-16)17-14(21)12-7-8-13(19-18-12)20-9-5-6-10-20/h7-8H,3-6,9-11,16H2,1-2H3,(H,17,21). The Kier molecular flexibility index (Phi) is 5.12. The molecule has 0 saturated carbocycles. The highest BCUT2D eigenvalue weighted by Gasteiger charge is 2.27. The largest absolute Gasteiger partial charge is 0.355 e. The van der Waals surface area contributed by atoms with Gasteiger partial charge in [-0.15, -0.1) is 10.2 Å². The van der Waals surface area contributed by atoms with Crippen molar-refractivity contribution in [3.63, 3.8) is 0 Å². The Morgan fingerprint density at radius 1 is 1.29 bits per heavy atom. The minimum atomic E-state index is -0.355. The van der Waals surface area contributed by atoms with Crippen molar-refractivity contribution in [3.05, 3.63) is 17.8 Å². The number of rotatable bonds is 6. The SMILES string of the molecule is CCC(CC)(CN)NC(=O)c1ccc(N2CCCC2)nn1. The molecule has 0 spiro atoms. The minimum Gasteiger partial charge on any atom is -0.355 e. The molecule has 1 aromatic rings. The molecule has 0 radical (unpaired) electrons. The summed E-state index contributed by atoms with van der Waals surface area (Å²) in [6.07, 6.45) is 3.97. The van der Waals surface area contributed by atoms with Crippen LogP contribution in [0.4, 0.5) is 5.82 Å². The van der Waals surface area contributed by atoms with E-state index in [0.717, 1.165) is 31.7 Å². The molecule has 1 aliphatic heterocycles. The van der Waals surface area contributed by atoms with Gasteiger partial charge >= 0.3 is 0 Å². The van der Waals surface area contributed by atoms with E-state index >= 15 is 0 Å². The molecule has 6 heteroatoms.